The summed E-state index contributed by atoms with van der Waals surface area (Å²) in [4.78, 5) is 2.53. The molecule has 2 aromatic rings. The molecule has 1 heterocycles. The molecule has 1 aliphatic rings. The maximum absolute atomic E-state index is 4.28. The Balaban J connectivity index is 1.95. The molecule has 0 amide bonds. The van der Waals surface area contributed by atoms with Gasteiger partial charge < -0.3 is 4.90 Å². The van der Waals surface area contributed by atoms with Gasteiger partial charge in [0.1, 0.15) is 0 Å². The van der Waals surface area contributed by atoms with E-state index in [0.29, 0.717) is 0 Å². The van der Waals surface area contributed by atoms with Crippen LogP contribution in [-0.2, 0) is 6.42 Å². The molecule has 1 atom stereocenters. The molecule has 0 saturated carbocycles. The highest BCUT2D eigenvalue weighted by molar-refractivity contribution is 5.62. The number of allylic oxidation sites excluding steroid dienone is 1. The molecule has 2 aromatic carbocycles. The van der Waals surface area contributed by atoms with E-state index < -0.39 is 0 Å². The monoisotopic (exact) mass is 357 g/mol. The lowest BCUT2D eigenvalue weighted by atomic mass is 9.92. The predicted octanol–water partition coefficient (Wildman–Crippen LogP) is 6.48. The summed E-state index contributed by atoms with van der Waals surface area (Å²) in [5.74, 6) is 0. The van der Waals surface area contributed by atoms with Gasteiger partial charge in [0.15, 0.2) is 0 Å². The van der Waals surface area contributed by atoms with E-state index in [-0.39, 0.29) is 5.54 Å². The van der Waals surface area contributed by atoms with Crippen molar-refractivity contribution in [1.29, 1.82) is 0 Å². The smallest absolute Gasteiger partial charge is 0.0654 e. The number of aryl methyl sites for hydroxylation is 1. The van der Waals surface area contributed by atoms with Gasteiger partial charge in [0.05, 0.1) is 5.54 Å². The first kappa shape index (κ1) is 19.2. The van der Waals surface area contributed by atoms with Gasteiger partial charge in [-0.3, -0.25) is 0 Å². The van der Waals surface area contributed by atoms with Crippen molar-refractivity contribution < 1.29 is 0 Å². The van der Waals surface area contributed by atoms with E-state index in [2.05, 4.69) is 100 Å². The molecule has 1 saturated heterocycles. The quantitative estimate of drug-likeness (QED) is 0.311. The van der Waals surface area contributed by atoms with Crippen LogP contribution in [0.1, 0.15) is 42.5 Å². The summed E-state index contributed by atoms with van der Waals surface area (Å²) in [7, 11) is 0. The highest BCUT2D eigenvalue weighted by Gasteiger charge is 2.52. The van der Waals surface area contributed by atoms with Crippen molar-refractivity contribution in [2.45, 2.75) is 46.1 Å². The Kier molecular flexibility index (Phi) is 5.41. The van der Waals surface area contributed by atoms with Gasteiger partial charge in [0.25, 0.3) is 0 Å². The maximum atomic E-state index is 4.28. The summed E-state index contributed by atoms with van der Waals surface area (Å²) in [6, 6.07) is 17.3. The van der Waals surface area contributed by atoms with Crippen LogP contribution in [0.3, 0.4) is 0 Å². The Bertz CT molecular complexity index is 888. The second-order valence-electron chi connectivity index (χ2n) is 8.21. The lowest BCUT2D eigenvalue weighted by Crippen LogP contribution is -2.22. The minimum absolute atomic E-state index is 0.121. The normalized spacial score (nSPS) is 19.1. The lowest BCUT2D eigenvalue weighted by molar-refractivity contribution is 0.468. The zero-order valence-electron chi connectivity index (χ0n) is 17.2. The average Bonchev–Trinajstić information content (AvgIpc) is 3.28. The Morgan fingerprint density at radius 1 is 1.04 bits per heavy atom. The summed E-state index contributed by atoms with van der Waals surface area (Å²) >= 11 is 0. The number of benzene rings is 2. The standard InChI is InChI=1S/C26H31N/c1-19(2)16-26(17-23-12-8-7-9-13-23)18-27(26)25(20(3)4)15-24-14-10-11-21(5)22(24)6/h7-15H,1,3,16-18H2,2,4-6H3/b25-15+. The van der Waals surface area contributed by atoms with Crippen LogP contribution in [0.25, 0.3) is 6.08 Å². The first-order valence-electron chi connectivity index (χ1n) is 9.72. The third kappa shape index (κ3) is 4.24. The van der Waals surface area contributed by atoms with Gasteiger partial charge in [-0.15, -0.1) is 6.58 Å². The van der Waals surface area contributed by atoms with Crippen LogP contribution in [0.4, 0.5) is 0 Å². The molecule has 1 heteroatoms. The van der Waals surface area contributed by atoms with Crippen LogP contribution in [0, 0.1) is 13.8 Å². The zero-order chi connectivity index (χ0) is 19.6. The molecule has 1 unspecified atom stereocenters. The Morgan fingerprint density at radius 2 is 1.74 bits per heavy atom. The summed E-state index contributed by atoms with van der Waals surface area (Å²) in [5, 5.41) is 0. The van der Waals surface area contributed by atoms with Crippen LogP contribution in [0.5, 0.6) is 0 Å². The van der Waals surface area contributed by atoms with Crippen molar-refractivity contribution in [3.8, 4) is 0 Å². The molecule has 0 N–H and O–H groups in total. The van der Waals surface area contributed by atoms with Gasteiger partial charge >= 0.3 is 0 Å². The lowest BCUT2D eigenvalue weighted by Gasteiger charge is -2.22. The molecule has 0 bridgehead atoms. The van der Waals surface area contributed by atoms with Gasteiger partial charge in [-0.05, 0) is 74.4 Å². The Labute approximate surface area is 164 Å². The molecule has 1 aliphatic heterocycles. The first-order chi connectivity index (χ1) is 12.8. The molecule has 1 nitrogen and oxygen atoms in total. The van der Waals surface area contributed by atoms with E-state index in [9.17, 15) is 0 Å². The summed E-state index contributed by atoms with van der Waals surface area (Å²) in [6.07, 6.45) is 4.37. The number of nitrogens with zero attached hydrogens (tertiary/aromatic N) is 1. The second kappa shape index (κ2) is 7.60. The minimum Gasteiger partial charge on any atom is -0.361 e. The molecule has 3 rings (SSSR count). The second-order valence-corrected chi connectivity index (χ2v) is 8.21. The van der Waals surface area contributed by atoms with E-state index in [0.717, 1.165) is 25.0 Å². The van der Waals surface area contributed by atoms with Crippen LogP contribution >= 0.6 is 0 Å². The topological polar surface area (TPSA) is 3.01 Å². The van der Waals surface area contributed by atoms with Crippen LogP contribution in [-0.4, -0.2) is 17.0 Å². The zero-order valence-corrected chi connectivity index (χ0v) is 17.2. The Morgan fingerprint density at radius 3 is 2.37 bits per heavy atom. The molecule has 0 spiro atoms. The third-order valence-corrected chi connectivity index (χ3v) is 5.60. The summed E-state index contributed by atoms with van der Waals surface area (Å²) < 4.78 is 0. The summed E-state index contributed by atoms with van der Waals surface area (Å²) in [5.41, 5.74) is 9.06. The Hall–Kier alpha value is -2.54. The summed E-state index contributed by atoms with van der Waals surface area (Å²) in [6.45, 7) is 18.2. The van der Waals surface area contributed by atoms with E-state index >= 15 is 0 Å². The molecular formula is C26H31N. The van der Waals surface area contributed by atoms with E-state index in [4.69, 9.17) is 0 Å². The van der Waals surface area contributed by atoms with E-state index in [1.54, 1.807) is 0 Å². The van der Waals surface area contributed by atoms with Crippen molar-refractivity contribution in [3.63, 3.8) is 0 Å². The largest absolute Gasteiger partial charge is 0.361 e. The van der Waals surface area contributed by atoms with Gasteiger partial charge in [-0.25, -0.2) is 0 Å². The first-order valence-corrected chi connectivity index (χ1v) is 9.72. The third-order valence-electron chi connectivity index (χ3n) is 5.60. The fraction of sp³-hybridized carbons (Fsp3) is 0.308. The number of rotatable bonds is 7. The molecular weight excluding hydrogens is 326 g/mol. The average molecular weight is 358 g/mol. The number of hydrogen-bond donors (Lipinski definition) is 0. The highest BCUT2D eigenvalue weighted by atomic mass is 15.4. The predicted molar refractivity (Wildman–Crippen MR) is 118 cm³/mol. The van der Waals surface area contributed by atoms with Crippen molar-refractivity contribution in [1.82, 2.24) is 4.90 Å². The van der Waals surface area contributed by atoms with E-state index in [1.807, 2.05) is 0 Å². The van der Waals surface area contributed by atoms with Gasteiger partial charge in [0.2, 0.25) is 0 Å². The maximum Gasteiger partial charge on any atom is 0.0654 e. The van der Waals surface area contributed by atoms with Crippen LogP contribution in [0.15, 0.2) is 78.5 Å². The SMILES string of the molecule is C=C(C)CC1(Cc2ccccc2)CN1/C(=C/c1cccc(C)c1C)C(=C)C. The fourth-order valence-corrected chi connectivity index (χ4v) is 4.01. The fourth-order valence-electron chi connectivity index (χ4n) is 4.01. The van der Waals surface area contributed by atoms with Gasteiger partial charge in [-0.2, -0.15) is 0 Å². The highest BCUT2D eigenvalue weighted by Crippen LogP contribution is 2.46. The van der Waals surface area contributed by atoms with Crippen LogP contribution in [0.2, 0.25) is 0 Å². The molecule has 0 radical (unpaired) electrons. The number of hydrogen-bond acceptors (Lipinski definition) is 1. The molecule has 27 heavy (non-hydrogen) atoms. The van der Waals surface area contributed by atoms with Crippen LogP contribution < -0.4 is 0 Å². The van der Waals surface area contributed by atoms with Gasteiger partial charge in [0, 0.05) is 12.2 Å². The van der Waals surface area contributed by atoms with Gasteiger partial charge in [-0.1, -0.05) is 60.7 Å². The molecule has 140 valence electrons. The van der Waals surface area contributed by atoms with Crippen molar-refractivity contribution in [2.75, 3.05) is 6.54 Å². The molecule has 1 fully saturated rings. The van der Waals surface area contributed by atoms with Crippen molar-refractivity contribution >= 4 is 6.08 Å². The van der Waals surface area contributed by atoms with Crippen molar-refractivity contribution in [3.05, 3.63) is 101 Å². The van der Waals surface area contributed by atoms with E-state index in [1.165, 1.54) is 33.5 Å². The molecule has 0 aromatic heterocycles. The van der Waals surface area contributed by atoms with Crippen molar-refractivity contribution in [2.24, 2.45) is 0 Å². The minimum atomic E-state index is 0.121. The molecule has 0 aliphatic carbocycles.